The first-order valence-corrected chi connectivity index (χ1v) is 7.27. The van der Waals surface area contributed by atoms with Crippen LogP contribution in [-0.4, -0.2) is 24.0 Å². The first kappa shape index (κ1) is 13.3. The maximum atomic E-state index is 6.63. The summed E-state index contributed by atoms with van der Waals surface area (Å²) in [6.45, 7) is 2.28. The van der Waals surface area contributed by atoms with Crippen LogP contribution < -0.4 is 5.73 Å². The molecule has 104 valence electrons. The van der Waals surface area contributed by atoms with Gasteiger partial charge in [-0.1, -0.05) is 60.7 Å². The third-order valence-electron chi connectivity index (χ3n) is 4.71. The Bertz CT molecular complexity index is 501. The molecule has 2 N–H and O–H groups in total. The Hall–Kier alpha value is -1.64. The second-order valence-corrected chi connectivity index (χ2v) is 5.78. The minimum atomic E-state index is 0.125. The highest BCUT2D eigenvalue weighted by Crippen LogP contribution is 2.42. The second kappa shape index (κ2) is 5.39. The summed E-state index contributed by atoms with van der Waals surface area (Å²) >= 11 is 0. The van der Waals surface area contributed by atoms with Gasteiger partial charge in [0, 0.05) is 18.0 Å². The second-order valence-electron chi connectivity index (χ2n) is 5.78. The molecule has 0 radical (unpaired) electrons. The molecule has 0 aromatic heterocycles. The zero-order valence-electron chi connectivity index (χ0n) is 12.1. The van der Waals surface area contributed by atoms with Crippen molar-refractivity contribution in [2.75, 3.05) is 7.05 Å². The summed E-state index contributed by atoms with van der Waals surface area (Å²) in [5, 5.41) is 0. The fourth-order valence-electron chi connectivity index (χ4n) is 3.58. The van der Waals surface area contributed by atoms with E-state index in [1.165, 1.54) is 11.1 Å². The lowest BCUT2D eigenvalue weighted by Gasteiger charge is -2.25. The molecule has 0 saturated carbocycles. The summed E-state index contributed by atoms with van der Waals surface area (Å²) in [5.41, 5.74) is 9.28. The van der Waals surface area contributed by atoms with Gasteiger partial charge in [0.15, 0.2) is 0 Å². The molecule has 0 aliphatic carbocycles. The van der Waals surface area contributed by atoms with Gasteiger partial charge >= 0.3 is 0 Å². The van der Waals surface area contributed by atoms with Crippen LogP contribution in [0.1, 0.15) is 30.0 Å². The smallest absolute Gasteiger partial charge is 0.0505 e. The average molecular weight is 266 g/mol. The van der Waals surface area contributed by atoms with Crippen molar-refractivity contribution >= 4 is 0 Å². The summed E-state index contributed by atoms with van der Waals surface area (Å²) in [5.74, 6) is 0.381. The van der Waals surface area contributed by atoms with Crippen LogP contribution in [0.4, 0.5) is 0 Å². The zero-order chi connectivity index (χ0) is 14.1. The Labute approximate surface area is 121 Å². The third-order valence-corrected chi connectivity index (χ3v) is 4.71. The monoisotopic (exact) mass is 266 g/mol. The van der Waals surface area contributed by atoms with Gasteiger partial charge in [-0.2, -0.15) is 0 Å². The number of likely N-dealkylation sites (tertiary alicyclic amines) is 1. The lowest BCUT2D eigenvalue weighted by Crippen LogP contribution is -2.32. The number of benzene rings is 2. The first-order valence-electron chi connectivity index (χ1n) is 7.27. The quantitative estimate of drug-likeness (QED) is 0.904. The highest BCUT2D eigenvalue weighted by Gasteiger charge is 2.44. The number of hydrogen-bond donors (Lipinski definition) is 1. The molecule has 20 heavy (non-hydrogen) atoms. The van der Waals surface area contributed by atoms with E-state index in [9.17, 15) is 0 Å². The summed E-state index contributed by atoms with van der Waals surface area (Å²) < 4.78 is 0. The van der Waals surface area contributed by atoms with Crippen LogP contribution >= 0.6 is 0 Å². The van der Waals surface area contributed by atoms with Crippen LogP contribution in [0.5, 0.6) is 0 Å². The zero-order valence-corrected chi connectivity index (χ0v) is 12.1. The lowest BCUT2D eigenvalue weighted by molar-refractivity contribution is 0.247. The Morgan fingerprint density at radius 3 is 1.90 bits per heavy atom. The number of nitrogens with two attached hydrogens (primary N) is 1. The molecule has 2 aromatic carbocycles. The van der Waals surface area contributed by atoms with E-state index in [1.54, 1.807) is 0 Å². The number of hydrogen-bond acceptors (Lipinski definition) is 2. The molecule has 0 amide bonds. The van der Waals surface area contributed by atoms with E-state index in [4.69, 9.17) is 5.73 Å². The molecule has 2 aromatic rings. The van der Waals surface area contributed by atoms with Crippen molar-refractivity contribution in [3.05, 3.63) is 71.8 Å². The SMILES string of the molecule is C[C@@H]1[C@H](c2ccccc2)[C@H](N)[C@@H](c2ccccc2)N1C. The van der Waals surface area contributed by atoms with E-state index in [0.717, 1.165) is 0 Å². The minimum absolute atomic E-state index is 0.125. The van der Waals surface area contributed by atoms with Gasteiger partial charge < -0.3 is 5.73 Å². The summed E-state index contributed by atoms with van der Waals surface area (Å²) in [6.07, 6.45) is 0. The van der Waals surface area contributed by atoms with E-state index in [-0.39, 0.29) is 12.1 Å². The van der Waals surface area contributed by atoms with E-state index in [2.05, 4.69) is 79.5 Å². The Morgan fingerprint density at radius 1 is 0.850 bits per heavy atom. The largest absolute Gasteiger partial charge is 0.325 e. The fraction of sp³-hybridized carbons (Fsp3) is 0.333. The molecule has 4 atom stereocenters. The Morgan fingerprint density at radius 2 is 1.35 bits per heavy atom. The molecule has 2 nitrogen and oxygen atoms in total. The van der Waals surface area contributed by atoms with Crippen LogP contribution in [0.15, 0.2) is 60.7 Å². The van der Waals surface area contributed by atoms with Gasteiger partial charge in [0.25, 0.3) is 0 Å². The van der Waals surface area contributed by atoms with Gasteiger partial charge in [0.2, 0.25) is 0 Å². The van der Waals surface area contributed by atoms with E-state index in [1.807, 2.05) is 0 Å². The van der Waals surface area contributed by atoms with E-state index >= 15 is 0 Å². The lowest BCUT2D eigenvalue weighted by atomic mass is 9.86. The highest BCUT2D eigenvalue weighted by molar-refractivity contribution is 5.31. The average Bonchev–Trinajstić information content (AvgIpc) is 2.71. The molecule has 0 spiro atoms. The fourth-order valence-corrected chi connectivity index (χ4v) is 3.58. The molecule has 1 saturated heterocycles. The van der Waals surface area contributed by atoms with E-state index < -0.39 is 0 Å². The number of likely N-dealkylation sites (N-methyl/N-ethyl adjacent to an activating group) is 1. The topological polar surface area (TPSA) is 29.3 Å². The maximum Gasteiger partial charge on any atom is 0.0505 e. The van der Waals surface area contributed by atoms with Crippen molar-refractivity contribution in [1.29, 1.82) is 0 Å². The standard InChI is InChI=1S/C18H22N2/c1-13-16(14-9-5-3-6-10-14)17(19)18(20(13)2)15-11-7-4-8-12-15/h3-13,16-18H,19H2,1-2H3/t13-,16-,17+,18-/m1/s1. The highest BCUT2D eigenvalue weighted by atomic mass is 15.2. The molecule has 1 fully saturated rings. The van der Waals surface area contributed by atoms with Gasteiger partial charge in [-0.15, -0.1) is 0 Å². The molecule has 0 bridgehead atoms. The molecular weight excluding hydrogens is 244 g/mol. The Kier molecular flexibility index (Phi) is 3.60. The van der Waals surface area contributed by atoms with Gasteiger partial charge in [0.05, 0.1) is 6.04 Å². The summed E-state index contributed by atoms with van der Waals surface area (Å²) in [4.78, 5) is 2.41. The van der Waals surface area contributed by atoms with Gasteiger partial charge in [-0.3, -0.25) is 4.90 Å². The van der Waals surface area contributed by atoms with Crippen LogP contribution in [0.2, 0.25) is 0 Å². The van der Waals surface area contributed by atoms with Crippen LogP contribution in [0, 0.1) is 0 Å². The van der Waals surface area contributed by atoms with Crippen molar-refractivity contribution in [2.45, 2.75) is 31.0 Å². The van der Waals surface area contributed by atoms with Gasteiger partial charge in [-0.25, -0.2) is 0 Å². The molecular formula is C18H22N2. The predicted octanol–water partition coefficient (Wildman–Crippen LogP) is 3.17. The van der Waals surface area contributed by atoms with Gasteiger partial charge in [0.1, 0.15) is 0 Å². The third kappa shape index (κ3) is 2.15. The van der Waals surface area contributed by atoms with Crippen LogP contribution in [0.25, 0.3) is 0 Å². The van der Waals surface area contributed by atoms with Crippen molar-refractivity contribution in [3.63, 3.8) is 0 Å². The van der Waals surface area contributed by atoms with Crippen molar-refractivity contribution in [1.82, 2.24) is 4.90 Å². The van der Waals surface area contributed by atoms with Crippen molar-refractivity contribution < 1.29 is 0 Å². The molecule has 2 heteroatoms. The molecule has 1 aliphatic rings. The number of nitrogens with zero attached hydrogens (tertiary/aromatic N) is 1. The van der Waals surface area contributed by atoms with Crippen LogP contribution in [0.3, 0.4) is 0 Å². The van der Waals surface area contributed by atoms with E-state index in [0.29, 0.717) is 12.0 Å². The predicted molar refractivity (Wildman–Crippen MR) is 83.6 cm³/mol. The molecule has 0 unspecified atom stereocenters. The Balaban J connectivity index is 1.96. The molecule has 1 heterocycles. The normalized spacial score (nSPS) is 30.6. The number of rotatable bonds is 2. The first-order chi connectivity index (χ1) is 9.70. The van der Waals surface area contributed by atoms with Gasteiger partial charge in [-0.05, 0) is 25.1 Å². The van der Waals surface area contributed by atoms with Crippen LogP contribution in [-0.2, 0) is 0 Å². The minimum Gasteiger partial charge on any atom is -0.325 e. The molecule has 3 rings (SSSR count). The molecule has 1 aliphatic heterocycles. The summed E-state index contributed by atoms with van der Waals surface area (Å²) in [6, 6.07) is 22.1. The van der Waals surface area contributed by atoms with Crippen molar-refractivity contribution in [2.24, 2.45) is 5.73 Å². The maximum absolute atomic E-state index is 6.63. The van der Waals surface area contributed by atoms with Crippen molar-refractivity contribution in [3.8, 4) is 0 Å². The summed E-state index contributed by atoms with van der Waals surface area (Å²) in [7, 11) is 2.19.